The Morgan fingerprint density at radius 2 is 1.45 bits per heavy atom. The van der Waals surface area contributed by atoms with E-state index in [1.807, 2.05) is 74.5 Å². The number of hydrogen-bond donors (Lipinski definition) is 1. The van der Waals surface area contributed by atoms with Gasteiger partial charge in [-0.25, -0.2) is 8.42 Å². The standard InChI is InChI=1S/C25H28N2O3S/c1-4-23(27(31(3,29)30)21-16-9-6-10-17-21)25(28)26-24(20-14-7-5-8-15-20)22-18-12-11-13-19(22)2/h5-18,23-24H,4H2,1-3H3,(H,26,28)/t23-,24-/m0/s1. The fourth-order valence-corrected chi connectivity index (χ4v) is 4.98. The number of nitrogens with one attached hydrogen (secondary N) is 1. The summed E-state index contributed by atoms with van der Waals surface area (Å²) in [5.74, 6) is -0.339. The van der Waals surface area contributed by atoms with Crippen LogP contribution in [0, 0.1) is 6.92 Å². The largest absolute Gasteiger partial charge is 0.343 e. The maximum absolute atomic E-state index is 13.5. The molecule has 3 rings (SSSR count). The molecule has 0 bridgehead atoms. The Kier molecular flexibility index (Phi) is 7.13. The number of carbonyl (C=O) groups excluding carboxylic acids is 1. The predicted molar refractivity (Wildman–Crippen MR) is 125 cm³/mol. The highest BCUT2D eigenvalue weighted by atomic mass is 32.2. The van der Waals surface area contributed by atoms with E-state index in [4.69, 9.17) is 0 Å². The van der Waals surface area contributed by atoms with Crippen molar-refractivity contribution in [1.82, 2.24) is 5.32 Å². The number of amides is 1. The molecule has 1 N–H and O–H groups in total. The minimum atomic E-state index is -3.68. The van der Waals surface area contributed by atoms with E-state index >= 15 is 0 Å². The van der Waals surface area contributed by atoms with Crippen molar-refractivity contribution in [2.75, 3.05) is 10.6 Å². The molecule has 0 aromatic heterocycles. The van der Waals surface area contributed by atoms with Gasteiger partial charge in [-0.3, -0.25) is 9.10 Å². The Hall–Kier alpha value is -3.12. The van der Waals surface area contributed by atoms with Gasteiger partial charge in [0.1, 0.15) is 6.04 Å². The molecular formula is C25H28N2O3S. The number of benzene rings is 3. The zero-order valence-electron chi connectivity index (χ0n) is 18.0. The average molecular weight is 437 g/mol. The summed E-state index contributed by atoms with van der Waals surface area (Å²) in [7, 11) is -3.68. The highest BCUT2D eigenvalue weighted by molar-refractivity contribution is 7.92. The number of para-hydroxylation sites is 1. The Morgan fingerprint density at radius 1 is 0.903 bits per heavy atom. The molecule has 0 unspecified atom stereocenters. The molecule has 2 atom stereocenters. The first kappa shape index (κ1) is 22.6. The maximum Gasteiger partial charge on any atom is 0.244 e. The monoisotopic (exact) mass is 436 g/mol. The molecule has 162 valence electrons. The van der Waals surface area contributed by atoms with Gasteiger partial charge in [0.25, 0.3) is 0 Å². The van der Waals surface area contributed by atoms with Crippen molar-refractivity contribution in [1.29, 1.82) is 0 Å². The molecular weight excluding hydrogens is 408 g/mol. The number of hydrogen-bond acceptors (Lipinski definition) is 3. The smallest absolute Gasteiger partial charge is 0.244 e. The van der Waals surface area contributed by atoms with Crippen molar-refractivity contribution in [3.63, 3.8) is 0 Å². The number of nitrogens with zero attached hydrogens (tertiary/aromatic N) is 1. The van der Waals surface area contributed by atoms with Crippen LogP contribution in [0.2, 0.25) is 0 Å². The van der Waals surface area contributed by atoms with Gasteiger partial charge < -0.3 is 5.32 Å². The molecule has 0 spiro atoms. The van der Waals surface area contributed by atoms with E-state index in [1.54, 1.807) is 24.3 Å². The number of sulfonamides is 1. The van der Waals surface area contributed by atoms with Gasteiger partial charge >= 0.3 is 0 Å². The molecule has 0 aliphatic rings. The lowest BCUT2D eigenvalue weighted by molar-refractivity contribution is -0.122. The van der Waals surface area contributed by atoms with Gasteiger partial charge in [0.05, 0.1) is 18.0 Å². The Labute approximate surface area is 184 Å². The van der Waals surface area contributed by atoms with Crippen molar-refractivity contribution >= 4 is 21.6 Å². The number of carbonyl (C=O) groups is 1. The second-order valence-electron chi connectivity index (χ2n) is 7.53. The lowest BCUT2D eigenvalue weighted by Crippen LogP contribution is -2.50. The van der Waals surface area contributed by atoms with Crippen LogP contribution in [0.5, 0.6) is 0 Å². The highest BCUT2D eigenvalue weighted by Gasteiger charge is 2.33. The molecule has 1 amide bonds. The molecule has 0 saturated carbocycles. The number of anilines is 1. The summed E-state index contributed by atoms with van der Waals surface area (Å²) in [5, 5.41) is 3.12. The Balaban J connectivity index is 2.00. The van der Waals surface area contributed by atoms with Gasteiger partial charge in [-0.05, 0) is 42.2 Å². The van der Waals surface area contributed by atoms with Gasteiger partial charge in [0.15, 0.2) is 0 Å². The molecule has 0 aliphatic heterocycles. The van der Waals surface area contributed by atoms with Crippen molar-refractivity contribution in [2.45, 2.75) is 32.4 Å². The van der Waals surface area contributed by atoms with Crippen LogP contribution in [-0.2, 0) is 14.8 Å². The molecule has 6 heteroatoms. The molecule has 5 nitrogen and oxygen atoms in total. The minimum absolute atomic E-state index is 0.336. The van der Waals surface area contributed by atoms with Crippen molar-refractivity contribution < 1.29 is 13.2 Å². The fourth-order valence-electron chi connectivity index (χ4n) is 3.77. The van der Waals surface area contributed by atoms with E-state index < -0.39 is 16.1 Å². The second-order valence-corrected chi connectivity index (χ2v) is 9.39. The molecule has 0 aliphatic carbocycles. The summed E-state index contributed by atoms with van der Waals surface area (Å²) in [6, 6.07) is 25.1. The number of rotatable bonds is 8. The topological polar surface area (TPSA) is 66.5 Å². The quantitative estimate of drug-likeness (QED) is 0.567. The van der Waals surface area contributed by atoms with Crippen LogP contribution in [0.25, 0.3) is 0 Å². The van der Waals surface area contributed by atoms with Gasteiger partial charge in [0, 0.05) is 0 Å². The normalized spacial score (nSPS) is 13.3. The van der Waals surface area contributed by atoms with Gasteiger partial charge in [0.2, 0.25) is 15.9 Å². The van der Waals surface area contributed by atoms with E-state index in [0.29, 0.717) is 12.1 Å². The van der Waals surface area contributed by atoms with Gasteiger partial charge in [-0.2, -0.15) is 0 Å². The Bertz CT molecular complexity index is 1120. The van der Waals surface area contributed by atoms with Crippen LogP contribution in [-0.4, -0.2) is 26.6 Å². The highest BCUT2D eigenvalue weighted by Crippen LogP contribution is 2.27. The van der Waals surface area contributed by atoms with Crippen molar-refractivity contribution in [2.24, 2.45) is 0 Å². The van der Waals surface area contributed by atoms with E-state index in [0.717, 1.165) is 22.9 Å². The SMILES string of the molecule is CC[C@@H](C(=O)N[C@@H](c1ccccc1)c1ccccc1C)N(c1ccccc1)S(C)(=O)=O. The molecule has 0 heterocycles. The van der Waals surface area contributed by atoms with Crippen LogP contribution in [0.3, 0.4) is 0 Å². The van der Waals surface area contributed by atoms with Crippen LogP contribution in [0.1, 0.15) is 36.1 Å². The fraction of sp³-hybridized carbons (Fsp3) is 0.240. The number of aryl methyl sites for hydroxylation is 1. The van der Waals surface area contributed by atoms with E-state index in [1.165, 1.54) is 4.31 Å². The molecule has 31 heavy (non-hydrogen) atoms. The van der Waals surface area contributed by atoms with Crippen molar-refractivity contribution in [3.05, 3.63) is 102 Å². The summed E-state index contributed by atoms with van der Waals surface area (Å²) in [4.78, 5) is 13.5. The lowest BCUT2D eigenvalue weighted by atomic mass is 9.94. The minimum Gasteiger partial charge on any atom is -0.343 e. The van der Waals surface area contributed by atoms with Crippen molar-refractivity contribution in [3.8, 4) is 0 Å². The molecule has 0 radical (unpaired) electrons. The Morgan fingerprint density at radius 3 is 2.00 bits per heavy atom. The summed E-state index contributed by atoms with van der Waals surface area (Å²) >= 11 is 0. The third-order valence-electron chi connectivity index (χ3n) is 5.26. The third kappa shape index (κ3) is 5.33. The summed E-state index contributed by atoms with van der Waals surface area (Å²) < 4.78 is 26.5. The van der Waals surface area contributed by atoms with Crippen LogP contribution in [0.15, 0.2) is 84.9 Å². The first-order chi connectivity index (χ1) is 14.8. The molecule has 3 aromatic carbocycles. The third-order valence-corrected chi connectivity index (χ3v) is 6.44. The average Bonchev–Trinajstić information content (AvgIpc) is 2.76. The van der Waals surface area contributed by atoms with Crippen LogP contribution < -0.4 is 9.62 Å². The molecule has 0 fully saturated rings. The lowest BCUT2D eigenvalue weighted by Gasteiger charge is -2.32. The van der Waals surface area contributed by atoms with Gasteiger partial charge in [-0.15, -0.1) is 0 Å². The molecule has 0 saturated heterocycles. The van der Waals surface area contributed by atoms with Gasteiger partial charge in [-0.1, -0.05) is 79.7 Å². The second kappa shape index (κ2) is 9.79. The first-order valence-corrected chi connectivity index (χ1v) is 12.1. The van der Waals surface area contributed by atoms with Crippen LogP contribution in [0.4, 0.5) is 5.69 Å². The first-order valence-electron chi connectivity index (χ1n) is 10.3. The summed E-state index contributed by atoms with van der Waals surface area (Å²) in [6.45, 7) is 3.82. The molecule has 3 aromatic rings. The maximum atomic E-state index is 13.5. The zero-order chi connectivity index (χ0) is 22.4. The predicted octanol–water partition coefficient (Wildman–Crippen LogP) is 4.45. The van der Waals surface area contributed by atoms with E-state index in [-0.39, 0.29) is 11.9 Å². The summed E-state index contributed by atoms with van der Waals surface area (Å²) in [5.41, 5.74) is 3.43. The summed E-state index contributed by atoms with van der Waals surface area (Å²) in [6.07, 6.45) is 1.47. The van der Waals surface area contributed by atoms with E-state index in [9.17, 15) is 13.2 Å². The van der Waals surface area contributed by atoms with Crippen LogP contribution >= 0.6 is 0 Å². The van der Waals surface area contributed by atoms with E-state index in [2.05, 4.69) is 5.32 Å². The zero-order valence-corrected chi connectivity index (χ0v) is 18.8.